The van der Waals surface area contributed by atoms with Gasteiger partial charge in [-0.05, 0) is 57.2 Å². The van der Waals surface area contributed by atoms with E-state index in [0.29, 0.717) is 17.2 Å². The van der Waals surface area contributed by atoms with Gasteiger partial charge in [-0.3, -0.25) is 9.67 Å². The summed E-state index contributed by atoms with van der Waals surface area (Å²) in [7, 11) is 2.12. The van der Waals surface area contributed by atoms with Crippen LogP contribution in [0.4, 0.5) is 13.2 Å². The quantitative estimate of drug-likeness (QED) is 0.459. The molecule has 1 aliphatic heterocycles. The zero-order valence-corrected chi connectivity index (χ0v) is 16.8. The van der Waals surface area contributed by atoms with Gasteiger partial charge >= 0.3 is 6.18 Å². The number of rotatable bonds is 3. The summed E-state index contributed by atoms with van der Waals surface area (Å²) < 4.78 is 46.6. The Morgan fingerprint density at radius 1 is 1.00 bits per heavy atom. The van der Waals surface area contributed by atoms with Crippen molar-refractivity contribution in [1.29, 1.82) is 0 Å². The van der Waals surface area contributed by atoms with Crippen LogP contribution in [0, 0.1) is 0 Å². The number of fused-ring (bicyclic) bond motifs is 1. The molecule has 0 bridgehead atoms. The Kier molecular flexibility index (Phi) is 4.77. The molecule has 3 aromatic heterocycles. The molecule has 6 nitrogen and oxygen atoms in total. The second-order valence-electron chi connectivity index (χ2n) is 7.91. The van der Waals surface area contributed by atoms with Crippen molar-refractivity contribution >= 4 is 11.1 Å². The van der Waals surface area contributed by atoms with Crippen molar-refractivity contribution in [3.8, 4) is 22.6 Å². The fourth-order valence-corrected chi connectivity index (χ4v) is 3.89. The molecule has 4 heterocycles. The average molecular weight is 427 g/mol. The second kappa shape index (κ2) is 7.49. The van der Waals surface area contributed by atoms with Crippen molar-refractivity contribution in [3.05, 3.63) is 54.6 Å². The van der Waals surface area contributed by atoms with E-state index in [4.69, 9.17) is 4.42 Å². The summed E-state index contributed by atoms with van der Waals surface area (Å²) in [6, 6.07) is 5.51. The topological polar surface area (TPSA) is 60.0 Å². The summed E-state index contributed by atoms with van der Waals surface area (Å²) >= 11 is 0. The molecule has 4 aromatic rings. The van der Waals surface area contributed by atoms with E-state index in [0.717, 1.165) is 49.2 Å². The number of hydrogen-bond donors (Lipinski definition) is 0. The lowest BCUT2D eigenvalue weighted by molar-refractivity contribution is -0.137. The molecule has 9 heteroatoms. The van der Waals surface area contributed by atoms with E-state index in [-0.39, 0.29) is 11.4 Å². The monoisotopic (exact) mass is 427 g/mol. The molecule has 1 fully saturated rings. The molecular formula is C22H20F3N5O. The van der Waals surface area contributed by atoms with Gasteiger partial charge in [-0.2, -0.15) is 18.3 Å². The predicted octanol–water partition coefficient (Wildman–Crippen LogP) is 5.04. The second-order valence-corrected chi connectivity index (χ2v) is 7.91. The fourth-order valence-electron chi connectivity index (χ4n) is 3.89. The lowest BCUT2D eigenvalue weighted by atomic mass is 10.1. The van der Waals surface area contributed by atoms with Crippen LogP contribution in [0.25, 0.3) is 33.7 Å². The number of oxazole rings is 1. The molecule has 0 saturated carbocycles. The highest BCUT2D eigenvalue weighted by Crippen LogP contribution is 2.33. The highest BCUT2D eigenvalue weighted by Gasteiger charge is 2.31. The molecule has 0 N–H and O–H groups in total. The molecule has 1 saturated heterocycles. The minimum Gasteiger partial charge on any atom is -0.436 e. The first-order chi connectivity index (χ1) is 14.9. The van der Waals surface area contributed by atoms with Gasteiger partial charge in [-0.25, -0.2) is 4.98 Å². The third kappa shape index (κ3) is 3.93. The fraction of sp³-hybridized carbons (Fsp3) is 0.318. The van der Waals surface area contributed by atoms with E-state index >= 15 is 0 Å². The summed E-state index contributed by atoms with van der Waals surface area (Å²) in [4.78, 5) is 10.8. The predicted molar refractivity (Wildman–Crippen MR) is 109 cm³/mol. The largest absolute Gasteiger partial charge is 0.436 e. The highest BCUT2D eigenvalue weighted by atomic mass is 19.4. The maximum atomic E-state index is 13.0. The summed E-state index contributed by atoms with van der Waals surface area (Å²) in [5.41, 5.74) is 2.05. The minimum atomic E-state index is -4.43. The van der Waals surface area contributed by atoms with Crippen LogP contribution in [0.2, 0.25) is 0 Å². The first kappa shape index (κ1) is 19.7. The number of nitrogens with zero attached hydrogens (tertiary/aromatic N) is 5. The zero-order valence-electron chi connectivity index (χ0n) is 16.8. The van der Waals surface area contributed by atoms with E-state index < -0.39 is 11.7 Å². The molecule has 1 aromatic carbocycles. The van der Waals surface area contributed by atoms with Crippen LogP contribution in [0.3, 0.4) is 0 Å². The van der Waals surface area contributed by atoms with Gasteiger partial charge < -0.3 is 9.32 Å². The van der Waals surface area contributed by atoms with E-state index in [1.165, 1.54) is 6.07 Å². The highest BCUT2D eigenvalue weighted by molar-refractivity contribution is 5.78. The minimum absolute atomic E-state index is 0.158. The number of alkyl halides is 3. The van der Waals surface area contributed by atoms with Crippen molar-refractivity contribution < 1.29 is 17.6 Å². The number of piperidine rings is 1. The smallest absolute Gasteiger partial charge is 0.416 e. The first-order valence-corrected chi connectivity index (χ1v) is 10.0. The Labute approximate surface area is 176 Å². The Balaban J connectivity index is 1.43. The number of halogens is 3. The molecular weight excluding hydrogens is 407 g/mol. The van der Waals surface area contributed by atoms with Gasteiger partial charge in [0, 0.05) is 29.7 Å². The Bertz CT molecular complexity index is 1220. The van der Waals surface area contributed by atoms with Crippen LogP contribution in [0.5, 0.6) is 0 Å². The van der Waals surface area contributed by atoms with Gasteiger partial charge in [0.25, 0.3) is 0 Å². The average Bonchev–Trinajstić information content (AvgIpc) is 3.41. The van der Waals surface area contributed by atoms with Gasteiger partial charge in [0.1, 0.15) is 5.52 Å². The molecule has 5 rings (SSSR count). The lowest BCUT2D eigenvalue weighted by Gasteiger charge is -2.28. The van der Waals surface area contributed by atoms with E-state index in [1.807, 2.05) is 16.9 Å². The Hall–Kier alpha value is -3.20. The molecule has 31 heavy (non-hydrogen) atoms. The molecule has 0 spiro atoms. The number of aromatic nitrogens is 4. The van der Waals surface area contributed by atoms with E-state index in [9.17, 15) is 13.2 Å². The summed E-state index contributed by atoms with van der Waals surface area (Å²) in [5, 5.41) is 4.54. The van der Waals surface area contributed by atoms with E-state index in [2.05, 4.69) is 27.0 Å². The molecule has 0 radical (unpaired) electrons. The van der Waals surface area contributed by atoms with Crippen molar-refractivity contribution in [3.63, 3.8) is 0 Å². The van der Waals surface area contributed by atoms with Crippen molar-refractivity contribution in [2.24, 2.45) is 0 Å². The van der Waals surface area contributed by atoms with Crippen LogP contribution in [-0.2, 0) is 6.18 Å². The van der Waals surface area contributed by atoms with Crippen LogP contribution < -0.4 is 0 Å². The van der Waals surface area contributed by atoms with Gasteiger partial charge in [-0.15, -0.1) is 0 Å². The number of hydrogen-bond acceptors (Lipinski definition) is 5. The molecule has 0 aliphatic carbocycles. The van der Waals surface area contributed by atoms with Gasteiger partial charge in [-0.1, -0.05) is 0 Å². The molecule has 160 valence electrons. The third-order valence-electron chi connectivity index (χ3n) is 5.70. The lowest BCUT2D eigenvalue weighted by Crippen LogP contribution is -2.31. The molecule has 0 amide bonds. The first-order valence-electron chi connectivity index (χ1n) is 10.0. The van der Waals surface area contributed by atoms with Crippen LogP contribution in [-0.4, -0.2) is 44.8 Å². The van der Waals surface area contributed by atoms with Gasteiger partial charge in [0.2, 0.25) is 5.89 Å². The van der Waals surface area contributed by atoms with Crippen LogP contribution >= 0.6 is 0 Å². The molecule has 0 atom stereocenters. The Morgan fingerprint density at radius 3 is 2.55 bits per heavy atom. The standard InChI is InChI=1S/C22H20F3N5O/c1-29-6-4-18(5-7-29)30-13-16(12-27-30)14-8-15(11-26-10-14)21-28-19-9-17(22(23,24)25)2-3-20(19)31-21/h2-3,8-13,18H,4-7H2,1H3. The van der Waals surface area contributed by atoms with Crippen molar-refractivity contribution in [2.75, 3.05) is 20.1 Å². The normalized spacial score (nSPS) is 16.3. The SMILES string of the molecule is CN1CCC(n2cc(-c3cncc(-c4nc5cc(C(F)(F)F)ccc5o4)c3)cn2)CC1. The maximum absolute atomic E-state index is 13.0. The summed E-state index contributed by atoms with van der Waals surface area (Å²) in [6.45, 7) is 2.09. The molecule has 0 unspecified atom stereocenters. The number of benzene rings is 1. The Morgan fingerprint density at radius 2 is 1.77 bits per heavy atom. The van der Waals surface area contributed by atoms with E-state index in [1.54, 1.807) is 18.6 Å². The zero-order chi connectivity index (χ0) is 21.6. The summed E-state index contributed by atoms with van der Waals surface area (Å²) in [5.74, 6) is 0.228. The van der Waals surface area contributed by atoms with Crippen molar-refractivity contribution in [2.45, 2.75) is 25.1 Å². The van der Waals surface area contributed by atoms with Gasteiger partial charge in [0.05, 0.1) is 23.4 Å². The number of likely N-dealkylation sites (tertiary alicyclic amines) is 1. The van der Waals surface area contributed by atoms with Crippen LogP contribution in [0.15, 0.2) is 53.5 Å². The third-order valence-corrected chi connectivity index (χ3v) is 5.70. The maximum Gasteiger partial charge on any atom is 0.416 e. The van der Waals surface area contributed by atoms with Crippen molar-refractivity contribution in [1.82, 2.24) is 24.6 Å². The summed E-state index contributed by atoms with van der Waals surface area (Å²) in [6.07, 6.45) is 4.81. The number of pyridine rings is 1. The molecule has 1 aliphatic rings. The van der Waals surface area contributed by atoms with Crippen LogP contribution in [0.1, 0.15) is 24.4 Å². The van der Waals surface area contributed by atoms with Gasteiger partial charge in [0.15, 0.2) is 5.58 Å².